The highest BCUT2D eigenvalue weighted by Gasteiger charge is 2.10. The van der Waals surface area contributed by atoms with Crippen LogP contribution in [0.3, 0.4) is 0 Å². The molecule has 0 spiro atoms. The summed E-state index contributed by atoms with van der Waals surface area (Å²) in [6.45, 7) is 0. The Morgan fingerprint density at radius 3 is 2.77 bits per heavy atom. The van der Waals surface area contributed by atoms with Gasteiger partial charge in [0.1, 0.15) is 27.2 Å². The summed E-state index contributed by atoms with van der Waals surface area (Å²) in [5, 5.41) is 15.7. The average molecular weight is 478 g/mol. The summed E-state index contributed by atoms with van der Waals surface area (Å²) < 4.78 is 6.58. The van der Waals surface area contributed by atoms with Crippen LogP contribution in [0.4, 0.5) is 17.2 Å². The van der Waals surface area contributed by atoms with Crippen molar-refractivity contribution in [2.24, 2.45) is 0 Å². The van der Waals surface area contributed by atoms with Gasteiger partial charge in [-0.15, -0.1) is 0 Å². The van der Waals surface area contributed by atoms with Gasteiger partial charge >= 0.3 is 0 Å². The molecular formula is C18H13ClIN5O. The number of ether oxygens (including phenoxy) is 1. The third-order valence-electron chi connectivity index (χ3n) is 3.44. The van der Waals surface area contributed by atoms with Crippen molar-refractivity contribution in [1.82, 2.24) is 9.97 Å². The Labute approximate surface area is 169 Å². The van der Waals surface area contributed by atoms with E-state index in [0.717, 1.165) is 15.1 Å². The molecule has 0 aliphatic rings. The van der Waals surface area contributed by atoms with E-state index in [0.29, 0.717) is 27.9 Å². The molecule has 2 aromatic carbocycles. The Hall–Kier alpha value is -2.57. The largest absolute Gasteiger partial charge is 0.456 e. The first-order chi connectivity index (χ1) is 12.6. The number of nitrogens with one attached hydrogen (secondary N) is 2. The Morgan fingerprint density at radius 2 is 2.04 bits per heavy atom. The fourth-order valence-corrected chi connectivity index (χ4v) is 3.10. The number of nitrogens with zero attached hydrogens (tertiary/aromatic N) is 3. The quantitative estimate of drug-likeness (QED) is 0.389. The summed E-state index contributed by atoms with van der Waals surface area (Å²) in [5.74, 6) is 1.70. The molecule has 0 aliphatic heterocycles. The number of aromatic nitrogens is 2. The van der Waals surface area contributed by atoms with E-state index >= 15 is 0 Å². The van der Waals surface area contributed by atoms with Gasteiger partial charge in [0.05, 0.1) is 16.7 Å². The number of benzene rings is 2. The van der Waals surface area contributed by atoms with Crippen LogP contribution >= 0.6 is 34.2 Å². The minimum absolute atomic E-state index is 0.437. The van der Waals surface area contributed by atoms with Crippen LogP contribution in [0.15, 0.2) is 48.8 Å². The molecule has 0 radical (unpaired) electrons. The van der Waals surface area contributed by atoms with Crippen molar-refractivity contribution in [2.45, 2.75) is 0 Å². The predicted octanol–water partition coefficient (Wildman–Crippen LogP) is 5.18. The Kier molecular flexibility index (Phi) is 5.75. The Balaban J connectivity index is 1.82. The molecule has 3 aromatic rings. The van der Waals surface area contributed by atoms with Gasteiger partial charge in [0.2, 0.25) is 0 Å². The zero-order valence-corrected chi connectivity index (χ0v) is 16.5. The lowest BCUT2D eigenvalue weighted by atomic mass is 10.2. The molecule has 0 atom stereocenters. The first-order valence-corrected chi connectivity index (χ1v) is 8.99. The van der Waals surface area contributed by atoms with Gasteiger partial charge in [-0.25, -0.2) is 9.97 Å². The van der Waals surface area contributed by atoms with Crippen LogP contribution in [0, 0.1) is 15.0 Å². The van der Waals surface area contributed by atoms with Gasteiger partial charge in [-0.05, 0) is 59.0 Å². The second-order valence-corrected chi connectivity index (χ2v) is 6.58. The average Bonchev–Trinajstić information content (AvgIpc) is 2.64. The minimum Gasteiger partial charge on any atom is -0.456 e. The second kappa shape index (κ2) is 8.21. The highest BCUT2D eigenvalue weighted by atomic mass is 127. The molecule has 0 aliphatic carbocycles. The summed E-state index contributed by atoms with van der Waals surface area (Å²) >= 11 is 8.48. The normalized spacial score (nSPS) is 10.1. The summed E-state index contributed by atoms with van der Waals surface area (Å²) in [6, 6.07) is 14.3. The van der Waals surface area contributed by atoms with Gasteiger partial charge in [-0.3, -0.25) is 0 Å². The second-order valence-electron chi connectivity index (χ2n) is 5.15. The number of halogens is 2. The molecule has 130 valence electrons. The monoisotopic (exact) mass is 477 g/mol. The van der Waals surface area contributed by atoms with Gasteiger partial charge in [0.15, 0.2) is 5.82 Å². The number of rotatable bonds is 5. The molecule has 2 N–H and O–H groups in total. The maximum Gasteiger partial charge on any atom is 0.158 e. The number of nitriles is 1. The van der Waals surface area contributed by atoms with E-state index in [-0.39, 0.29) is 0 Å². The summed E-state index contributed by atoms with van der Waals surface area (Å²) in [5.41, 5.74) is 2.09. The molecule has 0 saturated carbocycles. The molecule has 0 saturated heterocycles. The molecular weight excluding hydrogens is 465 g/mol. The fraction of sp³-hybridized carbons (Fsp3) is 0.0556. The van der Waals surface area contributed by atoms with Gasteiger partial charge in [0.25, 0.3) is 0 Å². The highest BCUT2D eigenvalue weighted by molar-refractivity contribution is 14.1. The molecule has 6 nitrogen and oxygen atoms in total. The summed E-state index contributed by atoms with van der Waals surface area (Å²) in [4.78, 5) is 8.40. The number of anilines is 3. The van der Waals surface area contributed by atoms with E-state index in [9.17, 15) is 0 Å². The molecule has 0 amide bonds. The third kappa shape index (κ3) is 4.15. The fourth-order valence-electron chi connectivity index (χ4n) is 2.23. The molecule has 0 bridgehead atoms. The number of hydrogen-bond donors (Lipinski definition) is 2. The Bertz CT molecular complexity index is 990. The van der Waals surface area contributed by atoms with Crippen LogP contribution < -0.4 is 15.4 Å². The van der Waals surface area contributed by atoms with Crippen molar-refractivity contribution < 1.29 is 4.74 Å². The molecule has 1 heterocycles. The van der Waals surface area contributed by atoms with Gasteiger partial charge in [-0.2, -0.15) is 5.26 Å². The van der Waals surface area contributed by atoms with Crippen molar-refractivity contribution in [2.75, 3.05) is 17.7 Å². The lowest BCUT2D eigenvalue weighted by Gasteiger charge is -2.13. The van der Waals surface area contributed by atoms with E-state index in [2.05, 4.69) is 49.3 Å². The molecule has 1 aromatic heterocycles. The molecule has 8 heteroatoms. The third-order valence-corrected chi connectivity index (χ3v) is 4.55. The zero-order valence-electron chi connectivity index (χ0n) is 13.6. The maximum absolute atomic E-state index is 8.97. The smallest absolute Gasteiger partial charge is 0.158 e. The lowest BCUT2D eigenvalue weighted by molar-refractivity contribution is 0.483. The van der Waals surface area contributed by atoms with E-state index in [1.54, 1.807) is 36.4 Å². The molecule has 26 heavy (non-hydrogen) atoms. The van der Waals surface area contributed by atoms with Gasteiger partial charge in [0, 0.05) is 12.7 Å². The summed E-state index contributed by atoms with van der Waals surface area (Å²) in [7, 11) is 1.81. The molecule has 0 fully saturated rings. The first-order valence-electron chi connectivity index (χ1n) is 7.53. The van der Waals surface area contributed by atoms with Gasteiger partial charge < -0.3 is 15.4 Å². The van der Waals surface area contributed by atoms with Gasteiger partial charge in [-0.1, -0.05) is 17.7 Å². The SMILES string of the molecule is CNc1c(I)ncnc1Nc1ccc(Oc2cccc(C#N)c2)c(Cl)c1. The van der Waals surface area contributed by atoms with E-state index in [1.165, 1.54) is 6.33 Å². The van der Waals surface area contributed by atoms with Crippen LogP contribution in [0.1, 0.15) is 5.56 Å². The van der Waals surface area contributed by atoms with E-state index < -0.39 is 0 Å². The van der Waals surface area contributed by atoms with Crippen molar-refractivity contribution >= 4 is 51.4 Å². The molecule has 0 unspecified atom stereocenters. The topological polar surface area (TPSA) is 82.9 Å². The van der Waals surface area contributed by atoms with Crippen molar-refractivity contribution in [3.63, 3.8) is 0 Å². The van der Waals surface area contributed by atoms with Crippen LogP contribution in [0.2, 0.25) is 5.02 Å². The lowest BCUT2D eigenvalue weighted by Crippen LogP contribution is -2.03. The van der Waals surface area contributed by atoms with Crippen molar-refractivity contribution in [1.29, 1.82) is 5.26 Å². The number of hydrogen-bond acceptors (Lipinski definition) is 6. The zero-order chi connectivity index (χ0) is 18.5. The van der Waals surface area contributed by atoms with Crippen LogP contribution in [0.5, 0.6) is 11.5 Å². The van der Waals surface area contributed by atoms with Crippen molar-refractivity contribution in [3.8, 4) is 17.6 Å². The predicted molar refractivity (Wildman–Crippen MR) is 110 cm³/mol. The van der Waals surface area contributed by atoms with E-state index in [4.69, 9.17) is 21.6 Å². The van der Waals surface area contributed by atoms with Crippen LogP contribution in [-0.2, 0) is 0 Å². The van der Waals surface area contributed by atoms with Crippen LogP contribution in [0.25, 0.3) is 0 Å². The van der Waals surface area contributed by atoms with E-state index in [1.807, 2.05) is 13.1 Å². The Morgan fingerprint density at radius 1 is 1.19 bits per heavy atom. The van der Waals surface area contributed by atoms with Crippen molar-refractivity contribution in [3.05, 3.63) is 63.1 Å². The highest BCUT2D eigenvalue weighted by Crippen LogP contribution is 2.34. The maximum atomic E-state index is 8.97. The minimum atomic E-state index is 0.437. The van der Waals surface area contributed by atoms with Crippen LogP contribution in [-0.4, -0.2) is 17.0 Å². The first kappa shape index (κ1) is 18.2. The summed E-state index contributed by atoms with van der Waals surface area (Å²) in [6.07, 6.45) is 1.49. The molecule has 3 rings (SSSR count). The standard InChI is InChI=1S/C18H13ClIN5O/c1-22-16-17(20)23-10-24-18(16)25-12-5-6-15(14(19)8-12)26-13-4-2-3-11(7-13)9-21/h2-8,10,22H,1H3,(H,23,24,25).